The number of rotatable bonds is 33. The Hall–Kier alpha value is -0.0800. The van der Waals surface area contributed by atoms with E-state index in [0.29, 0.717) is 6.10 Å². The van der Waals surface area contributed by atoms with Crippen molar-refractivity contribution in [2.75, 3.05) is 19.8 Å². The molecule has 1 unspecified atom stereocenters. The van der Waals surface area contributed by atoms with Crippen LogP contribution >= 0.6 is 0 Å². The lowest BCUT2D eigenvalue weighted by atomic mass is 10.0. The molecule has 37 heavy (non-hydrogen) atoms. The lowest BCUT2D eigenvalue weighted by Crippen LogP contribution is -2.02. The van der Waals surface area contributed by atoms with Gasteiger partial charge in [-0.3, -0.25) is 0 Å². The first kappa shape index (κ1) is 34.9. The van der Waals surface area contributed by atoms with Crippen molar-refractivity contribution >= 4 is 0 Å². The molecule has 1 fully saturated rings. The van der Waals surface area contributed by atoms with Crippen LogP contribution < -0.4 is 0 Å². The Bertz CT molecular complexity index is 406. The van der Waals surface area contributed by atoms with Crippen LogP contribution in [0.3, 0.4) is 0 Å². The van der Waals surface area contributed by atoms with Gasteiger partial charge in [0.2, 0.25) is 0 Å². The summed E-state index contributed by atoms with van der Waals surface area (Å²) < 4.78 is 10.7. The molecule has 0 N–H and O–H groups in total. The van der Waals surface area contributed by atoms with Crippen molar-refractivity contribution in [3.63, 3.8) is 0 Å². The summed E-state index contributed by atoms with van der Waals surface area (Å²) in [4.78, 5) is 0. The smallest absolute Gasteiger partial charge is 0.104 e. The maximum atomic E-state index is 5.60. The minimum atomic E-state index is 0.425. The molecule has 1 aliphatic heterocycles. The molecular formula is C35H70O2. The number of hydrogen-bond donors (Lipinski definition) is 0. The third-order valence-corrected chi connectivity index (χ3v) is 8.35. The van der Waals surface area contributed by atoms with E-state index in [1.807, 2.05) is 0 Å². The Balaban J connectivity index is 1.58. The molecule has 0 aromatic carbocycles. The van der Waals surface area contributed by atoms with Gasteiger partial charge in [0.1, 0.15) is 6.10 Å². The molecule has 1 aliphatic rings. The summed E-state index contributed by atoms with van der Waals surface area (Å²) in [6.45, 7) is 4.97. The Morgan fingerprint density at radius 2 is 0.649 bits per heavy atom. The highest BCUT2D eigenvalue weighted by Crippen LogP contribution is 2.16. The molecule has 0 saturated carbocycles. The highest BCUT2D eigenvalue weighted by atomic mass is 16.6. The fraction of sp³-hybridized carbons (Fsp3) is 1.00. The van der Waals surface area contributed by atoms with Crippen LogP contribution in [0, 0.1) is 0 Å². The van der Waals surface area contributed by atoms with Crippen LogP contribution in [0.15, 0.2) is 0 Å². The van der Waals surface area contributed by atoms with Crippen molar-refractivity contribution in [1.82, 2.24) is 0 Å². The molecule has 1 atom stereocenters. The number of epoxide rings is 1. The first-order valence-corrected chi connectivity index (χ1v) is 17.6. The third-order valence-electron chi connectivity index (χ3n) is 8.35. The minimum absolute atomic E-state index is 0.425. The molecule has 0 aromatic heterocycles. The van der Waals surface area contributed by atoms with E-state index in [0.717, 1.165) is 19.8 Å². The minimum Gasteiger partial charge on any atom is -0.379 e. The van der Waals surface area contributed by atoms with Crippen LogP contribution in [-0.4, -0.2) is 25.9 Å². The maximum absolute atomic E-state index is 5.60. The van der Waals surface area contributed by atoms with Crippen LogP contribution in [0.2, 0.25) is 0 Å². The van der Waals surface area contributed by atoms with E-state index >= 15 is 0 Å². The monoisotopic (exact) mass is 523 g/mol. The fourth-order valence-corrected chi connectivity index (χ4v) is 5.61. The molecule has 0 bridgehead atoms. The highest BCUT2D eigenvalue weighted by Gasteiger charge is 2.21. The molecule has 0 aliphatic carbocycles. The molecule has 0 radical (unpaired) electrons. The van der Waals surface area contributed by atoms with Gasteiger partial charge in [-0.15, -0.1) is 0 Å². The maximum Gasteiger partial charge on any atom is 0.104 e. The van der Waals surface area contributed by atoms with Crippen molar-refractivity contribution in [2.24, 2.45) is 0 Å². The lowest BCUT2D eigenvalue weighted by Gasteiger charge is -2.05. The van der Waals surface area contributed by atoms with Crippen molar-refractivity contribution in [3.05, 3.63) is 0 Å². The predicted octanol–water partition coefficient (Wildman–Crippen LogP) is 12.1. The summed E-state index contributed by atoms with van der Waals surface area (Å²) in [5.74, 6) is 0. The number of unbranched alkanes of at least 4 members (excludes halogenated alkanes) is 29. The van der Waals surface area contributed by atoms with Crippen LogP contribution in [-0.2, 0) is 9.47 Å². The van der Waals surface area contributed by atoms with E-state index in [-0.39, 0.29) is 0 Å². The van der Waals surface area contributed by atoms with E-state index in [2.05, 4.69) is 6.92 Å². The van der Waals surface area contributed by atoms with Gasteiger partial charge < -0.3 is 9.47 Å². The Kier molecular flexibility index (Phi) is 28.8. The van der Waals surface area contributed by atoms with Gasteiger partial charge in [-0.25, -0.2) is 0 Å². The van der Waals surface area contributed by atoms with Crippen LogP contribution in [0.1, 0.15) is 200 Å². The van der Waals surface area contributed by atoms with Gasteiger partial charge in [-0.2, -0.15) is 0 Å². The first-order chi connectivity index (χ1) is 18.4. The zero-order valence-corrected chi connectivity index (χ0v) is 25.7. The molecular weight excluding hydrogens is 452 g/mol. The second kappa shape index (κ2) is 30.5. The van der Waals surface area contributed by atoms with Crippen molar-refractivity contribution in [1.29, 1.82) is 0 Å². The summed E-state index contributed by atoms with van der Waals surface area (Å²) in [7, 11) is 0. The van der Waals surface area contributed by atoms with Crippen LogP contribution in [0.4, 0.5) is 0 Å². The predicted molar refractivity (Wildman–Crippen MR) is 165 cm³/mol. The average molecular weight is 523 g/mol. The quantitative estimate of drug-likeness (QED) is 0.0631. The number of ether oxygens (including phenoxy) is 2. The van der Waals surface area contributed by atoms with E-state index in [9.17, 15) is 0 Å². The second-order valence-corrected chi connectivity index (χ2v) is 12.3. The Morgan fingerprint density at radius 1 is 0.405 bits per heavy atom. The molecule has 1 heterocycles. The van der Waals surface area contributed by atoms with Gasteiger partial charge in [0, 0.05) is 6.61 Å². The van der Waals surface area contributed by atoms with E-state index in [1.165, 1.54) is 193 Å². The first-order valence-electron chi connectivity index (χ1n) is 17.6. The molecule has 0 amide bonds. The largest absolute Gasteiger partial charge is 0.379 e. The molecule has 1 rings (SSSR count). The lowest BCUT2D eigenvalue weighted by molar-refractivity contribution is 0.113. The topological polar surface area (TPSA) is 21.8 Å². The van der Waals surface area contributed by atoms with Crippen molar-refractivity contribution in [3.8, 4) is 0 Å². The van der Waals surface area contributed by atoms with Crippen LogP contribution in [0.5, 0.6) is 0 Å². The van der Waals surface area contributed by atoms with Crippen LogP contribution in [0.25, 0.3) is 0 Å². The molecule has 0 spiro atoms. The summed E-state index contributed by atoms with van der Waals surface area (Å²) >= 11 is 0. The average Bonchev–Trinajstić information content (AvgIpc) is 3.74. The SMILES string of the molecule is CCCCCCCCCCCCCCCCCCCCCCCCCCCCCCCCOCC1CO1. The summed E-state index contributed by atoms with van der Waals surface area (Å²) in [6.07, 6.45) is 44.1. The van der Waals surface area contributed by atoms with E-state index in [4.69, 9.17) is 9.47 Å². The van der Waals surface area contributed by atoms with Gasteiger partial charge in [0.05, 0.1) is 13.2 Å². The highest BCUT2D eigenvalue weighted by molar-refractivity contribution is 4.67. The zero-order chi connectivity index (χ0) is 26.3. The summed E-state index contributed by atoms with van der Waals surface area (Å²) in [5, 5.41) is 0. The normalized spacial score (nSPS) is 15.0. The van der Waals surface area contributed by atoms with Gasteiger partial charge >= 0.3 is 0 Å². The zero-order valence-electron chi connectivity index (χ0n) is 25.7. The van der Waals surface area contributed by atoms with Crippen molar-refractivity contribution in [2.45, 2.75) is 206 Å². The Labute approximate surface area is 234 Å². The number of hydrogen-bond acceptors (Lipinski definition) is 2. The van der Waals surface area contributed by atoms with Gasteiger partial charge in [-0.1, -0.05) is 193 Å². The van der Waals surface area contributed by atoms with Crippen molar-refractivity contribution < 1.29 is 9.47 Å². The summed E-state index contributed by atoms with van der Waals surface area (Å²) in [5.41, 5.74) is 0. The fourth-order valence-electron chi connectivity index (χ4n) is 5.61. The van der Waals surface area contributed by atoms with Gasteiger partial charge in [0.25, 0.3) is 0 Å². The third kappa shape index (κ3) is 30.3. The van der Waals surface area contributed by atoms with E-state index < -0.39 is 0 Å². The Morgan fingerprint density at radius 3 is 0.892 bits per heavy atom. The van der Waals surface area contributed by atoms with Gasteiger partial charge in [0.15, 0.2) is 0 Å². The molecule has 2 nitrogen and oxygen atoms in total. The summed E-state index contributed by atoms with van der Waals surface area (Å²) in [6, 6.07) is 0. The van der Waals surface area contributed by atoms with E-state index in [1.54, 1.807) is 0 Å². The standard InChI is InChI=1S/C35H70O2/c1-2-3-4-5-6-7-8-9-10-11-12-13-14-15-16-17-18-19-20-21-22-23-24-25-26-27-28-29-30-31-32-36-33-35-34-37-35/h35H,2-34H2,1H3. The molecule has 0 aromatic rings. The van der Waals surface area contributed by atoms with Gasteiger partial charge in [-0.05, 0) is 6.42 Å². The second-order valence-electron chi connectivity index (χ2n) is 12.3. The molecule has 1 saturated heterocycles. The molecule has 2 heteroatoms. The molecule has 222 valence electrons.